The molecule has 0 heterocycles. The smallest absolute Gasteiger partial charge is 0.0847 e. The van der Waals surface area contributed by atoms with Gasteiger partial charge in [-0.25, -0.2) is 0 Å². The highest BCUT2D eigenvalue weighted by atomic mass is 16.5. The minimum absolute atomic E-state index is 0.0461. The Balaban J connectivity index is 2.07. The third-order valence-corrected chi connectivity index (χ3v) is 6.13. The van der Waals surface area contributed by atoms with E-state index >= 15 is 0 Å². The van der Waals surface area contributed by atoms with Crippen LogP contribution in [0.15, 0.2) is 0 Å². The standard InChI is InChI=1S/C17H34N2O/c1-13-5-7-14(8-6-13)15(19-18)17(20-4)11-9-16(2,3)10-12-17/h13-15,19H,5-12,18H2,1-4H3. The fourth-order valence-corrected chi connectivity index (χ4v) is 4.33. The van der Waals surface area contributed by atoms with E-state index in [2.05, 4.69) is 26.2 Å². The predicted molar refractivity (Wildman–Crippen MR) is 84.2 cm³/mol. The van der Waals surface area contributed by atoms with Crippen molar-refractivity contribution in [2.24, 2.45) is 23.1 Å². The van der Waals surface area contributed by atoms with E-state index in [1.54, 1.807) is 0 Å². The summed E-state index contributed by atoms with van der Waals surface area (Å²) in [6, 6.07) is 0.316. The summed E-state index contributed by atoms with van der Waals surface area (Å²) in [4.78, 5) is 0. The van der Waals surface area contributed by atoms with E-state index in [1.807, 2.05) is 7.11 Å². The number of methoxy groups -OCH3 is 1. The molecule has 3 nitrogen and oxygen atoms in total. The van der Waals surface area contributed by atoms with E-state index in [4.69, 9.17) is 10.6 Å². The van der Waals surface area contributed by atoms with E-state index in [9.17, 15) is 0 Å². The zero-order valence-electron chi connectivity index (χ0n) is 13.9. The van der Waals surface area contributed by atoms with Crippen LogP contribution >= 0.6 is 0 Å². The van der Waals surface area contributed by atoms with Crippen molar-refractivity contribution in [3.8, 4) is 0 Å². The SMILES string of the molecule is COC1(C(NN)C2CCC(C)CC2)CCC(C)(C)CC1. The molecule has 0 radical (unpaired) electrons. The summed E-state index contributed by atoms with van der Waals surface area (Å²) in [5.74, 6) is 7.53. The Hall–Kier alpha value is -0.120. The second kappa shape index (κ2) is 6.33. The van der Waals surface area contributed by atoms with Crippen LogP contribution in [-0.4, -0.2) is 18.8 Å². The first-order valence-electron chi connectivity index (χ1n) is 8.44. The molecule has 0 aliphatic heterocycles. The lowest BCUT2D eigenvalue weighted by Gasteiger charge is -2.50. The minimum atomic E-state index is -0.0461. The average Bonchev–Trinajstić information content (AvgIpc) is 2.44. The molecule has 118 valence electrons. The van der Waals surface area contributed by atoms with Gasteiger partial charge in [-0.05, 0) is 55.8 Å². The third-order valence-electron chi connectivity index (χ3n) is 6.13. The summed E-state index contributed by atoms with van der Waals surface area (Å²) >= 11 is 0. The Morgan fingerprint density at radius 2 is 1.60 bits per heavy atom. The van der Waals surface area contributed by atoms with Crippen LogP contribution in [0.5, 0.6) is 0 Å². The van der Waals surface area contributed by atoms with Gasteiger partial charge in [0, 0.05) is 7.11 Å². The van der Waals surface area contributed by atoms with Crippen molar-refractivity contribution in [2.75, 3.05) is 7.11 Å². The fourth-order valence-electron chi connectivity index (χ4n) is 4.33. The van der Waals surface area contributed by atoms with Crippen molar-refractivity contribution >= 4 is 0 Å². The van der Waals surface area contributed by atoms with Crippen molar-refractivity contribution < 1.29 is 4.74 Å². The van der Waals surface area contributed by atoms with Crippen LogP contribution in [0.3, 0.4) is 0 Å². The van der Waals surface area contributed by atoms with Gasteiger partial charge in [-0.2, -0.15) is 0 Å². The van der Waals surface area contributed by atoms with Crippen LogP contribution in [-0.2, 0) is 4.74 Å². The second-order valence-corrected chi connectivity index (χ2v) is 8.10. The Morgan fingerprint density at radius 3 is 2.05 bits per heavy atom. The lowest BCUT2D eigenvalue weighted by Crippen LogP contribution is -2.60. The van der Waals surface area contributed by atoms with Gasteiger partial charge in [-0.1, -0.05) is 33.6 Å². The van der Waals surface area contributed by atoms with Gasteiger partial charge >= 0.3 is 0 Å². The molecule has 0 amide bonds. The molecule has 2 aliphatic carbocycles. The normalized spacial score (nSPS) is 34.6. The van der Waals surface area contributed by atoms with Crippen molar-refractivity contribution in [1.82, 2.24) is 5.43 Å². The van der Waals surface area contributed by atoms with Crippen LogP contribution in [0, 0.1) is 17.3 Å². The van der Waals surface area contributed by atoms with Crippen LogP contribution < -0.4 is 11.3 Å². The highest BCUT2D eigenvalue weighted by Gasteiger charge is 2.47. The van der Waals surface area contributed by atoms with Gasteiger partial charge in [0.1, 0.15) is 0 Å². The number of hydrogen-bond acceptors (Lipinski definition) is 3. The van der Waals surface area contributed by atoms with Crippen LogP contribution in [0.1, 0.15) is 72.1 Å². The Morgan fingerprint density at radius 1 is 1.05 bits per heavy atom. The summed E-state index contributed by atoms with van der Waals surface area (Å²) in [7, 11) is 1.88. The summed E-state index contributed by atoms with van der Waals surface area (Å²) < 4.78 is 6.06. The maximum Gasteiger partial charge on any atom is 0.0847 e. The van der Waals surface area contributed by atoms with Gasteiger partial charge in [0.25, 0.3) is 0 Å². The quantitative estimate of drug-likeness (QED) is 0.611. The first-order valence-corrected chi connectivity index (χ1v) is 8.44. The fraction of sp³-hybridized carbons (Fsp3) is 1.00. The molecule has 20 heavy (non-hydrogen) atoms. The molecule has 1 atom stereocenters. The molecule has 0 aromatic rings. The van der Waals surface area contributed by atoms with Crippen molar-refractivity contribution in [1.29, 1.82) is 0 Å². The van der Waals surface area contributed by atoms with Crippen molar-refractivity contribution in [3.63, 3.8) is 0 Å². The molecule has 2 aliphatic rings. The topological polar surface area (TPSA) is 47.3 Å². The molecule has 2 saturated carbocycles. The van der Waals surface area contributed by atoms with E-state index in [0.717, 1.165) is 18.8 Å². The summed E-state index contributed by atoms with van der Waals surface area (Å²) in [5.41, 5.74) is 3.56. The molecule has 3 N–H and O–H groups in total. The van der Waals surface area contributed by atoms with Gasteiger partial charge in [-0.15, -0.1) is 0 Å². The van der Waals surface area contributed by atoms with Crippen LogP contribution in [0.4, 0.5) is 0 Å². The highest BCUT2D eigenvalue weighted by molar-refractivity contribution is 5.01. The molecular weight excluding hydrogens is 248 g/mol. The van der Waals surface area contributed by atoms with E-state index in [-0.39, 0.29) is 5.60 Å². The Bertz CT molecular complexity index is 298. The maximum atomic E-state index is 6.06. The lowest BCUT2D eigenvalue weighted by molar-refractivity contribution is -0.103. The van der Waals surface area contributed by atoms with Crippen LogP contribution in [0.25, 0.3) is 0 Å². The molecule has 2 rings (SSSR count). The number of nitrogens with one attached hydrogen (secondary N) is 1. The largest absolute Gasteiger partial charge is 0.377 e. The minimum Gasteiger partial charge on any atom is -0.377 e. The number of hydrazine groups is 1. The predicted octanol–water partition coefficient (Wildman–Crippen LogP) is 3.63. The molecule has 3 heteroatoms. The molecule has 1 unspecified atom stereocenters. The van der Waals surface area contributed by atoms with Gasteiger partial charge < -0.3 is 4.74 Å². The number of rotatable bonds is 4. The summed E-state index contributed by atoms with van der Waals surface area (Å²) in [5, 5.41) is 0. The molecule has 2 fully saturated rings. The molecule has 0 aromatic heterocycles. The zero-order valence-corrected chi connectivity index (χ0v) is 13.9. The molecule has 0 saturated heterocycles. The van der Waals surface area contributed by atoms with E-state index in [1.165, 1.54) is 38.5 Å². The maximum absolute atomic E-state index is 6.06. The first-order chi connectivity index (χ1) is 9.42. The number of ether oxygens (including phenoxy) is 1. The van der Waals surface area contributed by atoms with E-state index < -0.39 is 0 Å². The van der Waals surface area contributed by atoms with Crippen LogP contribution in [0.2, 0.25) is 0 Å². The first kappa shape index (κ1) is 16.3. The number of hydrogen-bond donors (Lipinski definition) is 2. The zero-order chi connectivity index (χ0) is 14.8. The summed E-state index contributed by atoms with van der Waals surface area (Å²) in [6.45, 7) is 7.12. The second-order valence-electron chi connectivity index (χ2n) is 8.10. The Labute approximate surface area is 125 Å². The van der Waals surface area contributed by atoms with Crippen molar-refractivity contribution in [3.05, 3.63) is 0 Å². The highest BCUT2D eigenvalue weighted by Crippen LogP contribution is 2.46. The average molecular weight is 282 g/mol. The van der Waals surface area contributed by atoms with Gasteiger partial charge in [0.15, 0.2) is 0 Å². The van der Waals surface area contributed by atoms with E-state index in [0.29, 0.717) is 17.4 Å². The molecular formula is C17H34N2O. The van der Waals surface area contributed by atoms with Gasteiger partial charge in [0.2, 0.25) is 0 Å². The van der Waals surface area contributed by atoms with Crippen molar-refractivity contribution in [2.45, 2.75) is 83.8 Å². The number of nitrogens with two attached hydrogens (primary N) is 1. The Kier molecular flexibility index (Phi) is 5.14. The summed E-state index contributed by atoms with van der Waals surface area (Å²) in [6.07, 6.45) is 10.0. The third kappa shape index (κ3) is 3.37. The van der Waals surface area contributed by atoms with Gasteiger partial charge in [0.05, 0.1) is 11.6 Å². The molecule has 0 bridgehead atoms. The molecule has 0 aromatic carbocycles. The van der Waals surface area contributed by atoms with Gasteiger partial charge in [-0.3, -0.25) is 11.3 Å². The monoisotopic (exact) mass is 282 g/mol. The lowest BCUT2D eigenvalue weighted by atomic mass is 9.64. The molecule has 0 spiro atoms.